The van der Waals surface area contributed by atoms with Gasteiger partial charge in [-0.2, -0.15) is 12.8 Å². The van der Waals surface area contributed by atoms with Gasteiger partial charge in [-0.1, -0.05) is 6.08 Å². The van der Waals surface area contributed by atoms with E-state index >= 15 is 0 Å². The molecule has 0 radical (unpaired) electrons. The van der Waals surface area contributed by atoms with E-state index in [1.165, 1.54) is 6.92 Å². The molecule has 2 fully saturated rings. The Balaban J connectivity index is 0.00000288. The molecule has 4 atom stereocenters. The van der Waals surface area contributed by atoms with Crippen LogP contribution in [0.5, 0.6) is 0 Å². The molecule has 0 aromatic heterocycles. The zero-order chi connectivity index (χ0) is 17.4. The first-order valence-electron chi connectivity index (χ1n) is 8.11. The Labute approximate surface area is 158 Å². The third kappa shape index (κ3) is 4.36. The fourth-order valence-corrected chi connectivity index (χ4v) is 3.23. The number of Topliss-reactive ketones (excluding diaryl/α,β-unsaturated/α-hetero) is 1. The molecule has 2 saturated carbocycles. The standard InChI is InChI=1S/C18H26NO4.W/c1-6-12-10-18(12,11(2)20)19-15(21)13-8-7-9-14(13)16(22)23-17(3,4)5;/h6-7,12-14H,1,8-10H2,2-5H3,(H,19,21);/q-1;/t12?,13-,14-,18+;/m1./s1. The number of hydrogen-bond donors (Lipinski definition) is 1. The molecular weight excluding hydrogens is 478 g/mol. The monoisotopic (exact) mass is 504 g/mol. The molecule has 2 aliphatic rings. The predicted molar refractivity (Wildman–Crippen MR) is 86.2 cm³/mol. The largest absolute Gasteiger partial charge is 0.460 e. The van der Waals surface area contributed by atoms with Crippen molar-refractivity contribution in [3.05, 3.63) is 19.1 Å². The minimum absolute atomic E-state index is 0. The second kappa shape index (κ2) is 7.51. The van der Waals surface area contributed by atoms with Gasteiger partial charge in [0.2, 0.25) is 5.91 Å². The average molecular weight is 504 g/mol. The van der Waals surface area contributed by atoms with Gasteiger partial charge in [-0.05, 0) is 34.1 Å². The molecule has 0 aromatic carbocycles. The molecule has 2 aliphatic carbocycles. The van der Waals surface area contributed by atoms with Gasteiger partial charge >= 0.3 is 5.97 Å². The molecule has 1 unspecified atom stereocenters. The average Bonchev–Trinajstić information content (AvgIpc) is 2.92. The van der Waals surface area contributed by atoms with Crippen molar-refractivity contribution >= 4 is 17.7 Å². The van der Waals surface area contributed by atoms with Gasteiger partial charge in [-0.15, -0.1) is 6.58 Å². The van der Waals surface area contributed by atoms with Gasteiger partial charge in [0, 0.05) is 38.8 Å². The van der Waals surface area contributed by atoms with E-state index in [-0.39, 0.29) is 44.6 Å². The van der Waals surface area contributed by atoms with Crippen molar-refractivity contribution in [2.75, 3.05) is 0 Å². The Morgan fingerprint density at radius 1 is 1.25 bits per heavy atom. The first kappa shape index (κ1) is 21.1. The minimum atomic E-state index is -0.820. The molecule has 24 heavy (non-hydrogen) atoms. The van der Waals surface area contributed by atoms with Crippen molar-refractivity contribution in [1.82, 2.24) is 5.32 Å². The molecule has 2 rings (SSSR count). The second-order valence-electron chi connectivity index (χ2n) is 7.57. The van der Waals surface area contributed by atoms with Crippen LogP contribution in [0.1, 0.15) is 47.0 Å². The zero-order valence-electron chi connectivity index (χ0n) is 14.8. The molecule has 0 bridgehead atoms. The van der Waals surface area contributed by atoms with Crippen LogP contribution in [-0.2, 0) is 40.2 Å². The van der Waals surface area contributed by atoms with Crippen molar-refractivity contribution in [3.63, 3.8) is 0 Å². The van der Waals surface area contributed by atoms with Crippen LogP contribution in [0.3, 0.4) is 0 Å². The fraction of sp³-hybridized carbons (Fsp3) is 0.667. The summed E-state index contributed by atoms with van der Waals surface area (Å²) in [5.41, 5.74) is -1.40. The van der Waals surface area contributed by atoms with E-state index in [1.807, 2.05) is 27.2 Å². The van der Waals surface area contributed by atoms with Gasteiger partial charge in [-0.25, -0.2) is 0 Å². The molecule has 6 heteroatoms. The van der Waals surface area contributed by atoms with Crippen molar-refractivity contribution in [3.8, 4) is 0 Å². The topological polar surface area (TPSA) is 72.5 Å². The maximum atomic E-state index is 12.6. The van der Waals surface area contributed by atoms with Gasteiger partial charge in [0.25, 0.3) is 0 Å². The summed E-state index contributed by atoms with van der Waals surface area (Å²) in [6, 6.07) is 0. The fourth-order valence-electron chi connectivity index (χ4n) is 3.23. The summed E-state index contributed by atoms with van der Waals surface area (Å²) in [6.07, 6.45) is 5.30. The Morgan fingerprint density at radius 3 is 2.29 bits per heavy atom. The maximum absolute atomic E-state index is 12.6. The first-order valence-corrected chi connectivity index (χ1v) is 8.11. The van der Waals surface area contributed by atoms with Gasteiger partial charge in [0.05, 0.1) is 0 Å². The number of carbonyl (C=O) groups excluding carboxylic acids is 3. The number of carbonyl (C=O) groups is 3. The SMILES string of the molecule is C=CC1C[C@]1(NC(=O)[C@@H]1C[CH-]C[C@H]1C(=O)OC(C)(C)C)C(C)=O.[W]. The molecule has 0 saturated heterocycles. The molecule has 0 spiro atoms. The summed E-state index contributed by atoms with van der Waals surface area (Å²) in [4.78, 5) is 36.8. The van der Waals surface area contributed by atoms with Crippen LogP contribution < -0.4 is 5.32 Å². The van der Waals surface area contributed by atoms with Crippen molar-refractivity contribution in [1.29, 1.82) is 0 Å². The molecular formula is C18H26NO4W-. The van der Waals surface area contributed by atoms with E-state index in [0.29, 0.717) is 19.3 Å². The molecule has 0 aromatic rings. The molecule has 1 amide bonds. The Morgan fingerprint density at radius 2 is 1.83 bits per heavy atom. The molecule has 134 valence electrons. The van der Waals surface area contributed by atoms with E-state index in [2.05, 4.69) is 11.9 Å². The van der Waals surface area contributed by atoms with Crippen LogP contribution >= 0.6 is 0 Å². The summed E-state index contributed by atoms with van der Waals surface area (Å²) in [7, 11) is 0. The van der Waals surface area contributed by atoms with E-state index in [4.69, 9.17) is 4.74 Å². The summed E-state index contributed by atoms with van der Waals surface area (Å²) in [6.45, 7) is 10.6. The van der Waals surface area contributed by atoms with Crippen LogP contribution in [0.2, 0.25) is 0 Å². The summed E-state index contributed by atoms with van der Waals surface area (Å²) >= 11 is 0. The number of hydrogen-bond acceptors (Lipinski definition) is 4. The summed E-state index contributed by atoms with van der Waals surface area (Å²) in [5, 5.41) is 2.87. The number of esters is 1. The third-order valence-corrected chi connectivity index (χ3v) is 4.65. The molecule has 1 N–H and O–H groups in total. The van der Waals surface area contributed by atoms with Crippen LogP contribution in [0.25, 0.3) is 0 Å². The maximum Gasteiger partial charge on any atom is 0.307 e. The summed E-state index contributed by atoms with van der Waals surface area (Å²) < 4.78 is 5.42. The van der Waals surface area contributed by atoms with E-state index in [0.717, 1.165) is 0 Å². The Bertz CT molecular complexity index is 540. The zero-order valence-corrected chi connectivity index (χ0v) is 17.7. The predicted octanol–water partition coefficient (Wildman–Crippen LogP) is 2.21. The number of ether oxygens (including phenoxy) is 1. The van der Waals surface area contributed by atoms with Crippen LogP contribution in [0.15, 0.2) is 12.7 Å². The van der Waals surface area contributed by atoms with Gasteiger partial charge in [0.15, 0.2) is 5.78 Å². The smallest absolute Gasteiger partial charge is 0.307 e. The van der Waals surface area contributed by atoms with Gasteiger partial charge in [0.1, 0.15) is 11.1 Å². The van der Waals surface area contributed by atoms with Crippen molar-refractivity contribution < 1.29 is 40.2 Å². The number of ketones is 1. The third-order valence-electron chi connectivity index (χ3n) is 4.65. The Hall–Kier alpha value is -0.962. The molecule has 0 heterocycles. The van der Waals surface area contributed by atoms with Crippen LogP contribution in [-0.4, -0.2) is 28.8 Å². The van der Waals surface area contributed by atoms with Crippen LogP contribution in [0.4, 0.5) is 0 Å². The quantitative estimate of drug-likeness (QED) is 0.354. The van der Waals surface area contributed by atoms with E-state index in [1.54, 1.807) is 6.08 Å². The van der Waals surface area contributed by atoms with Crippen molar-refractivity contribution in [2.45, 2.75) is 58.1 Å². The normalized spacial score (nSPS) is 31.6. The van der Waals surface area contributed by atoms with Gasteiger partial charge < -0.3 is 16.5 Å². The molecule has 5 nitrogen and oxygen atoms in total. The number of rotatable bonds is 5. The van der Waals surface area contributed by atoms with Crippen LogP contribution in [0, 0.1) is 24.2 Å². The Kier molecular flexibility index (Phi) is 6.60. The summed E-state index contributed by atoms with van der Waals surface area (Å²) in [5.74, 6) is -1.61. The second-order valence-corrected chi connectivity index (χ2v) is 7.57. The first-order chi connectivity index (χ1) is 10.6. The molecule has 0 aliphatic heterocycles. The minimum Gasteiger partial charge on any atom is -0.460 e. The van der Waals surface area contributed by atoms with Crippen molar-refractivity contribution in [2.24, 2.45) is 17.8 Å². The number of amides is 1. The van der Waals surface area contributed by atoms with Gasteiger partial charge in [-0.3, -0.25) is 14.4 Å². The van der Waals surface area contributed by atoms with E-state index in [9.17, 15) is 14.4 Å². The van der Waals surface area contributed by atoms with E-state index < -0.39 is 23.0 Å². The number of nitrogens with one attached hydrogen (secondary N) is 1.